The summed E-state index contributed by atoms with van der Waals surface area (Å²) >= 11 is 3.03. The van der Waals surface area contributed by atoms with Crippen LogP contribution in [0.15, 0.2) is 51.7 Å². The molecule has 158 valence electrons. The van der Waals surface area contributed by atoms with Gasteiger partial charge in [-0.3, -0.25) is 14.2 Å². The van der Waals surface area contributed by atoms with Crippen LogP contribution in [0, 0.1) is 0 Å². The maximum absolute atomic E-state index is 13.1. The van der Waals surface area contributed by atoms with Gasteiger partial charge in [0.15, 0.2) is 5.16 Å². The minimum absolute atomic E-state index is 0.0873. The van der Waals surface area contributed by atoms with E-state index in [1.807, 2.05) is 36.1 Å². The molecule has 0 saturated carbocycles. The Morgan fingerprint density at radius 1 is 1.33 bits per heavy atom. The lowest BCUT2D eigenvalue weighted by molar-refractivity contribution is -0.129. The number of hydrogen-bond acceptors (Lipinski definition) is 6. The lowest BCUT2D eigenvalue weighted by Crippen LogP contribution is -2.32. The number of carbonyl (C=O) groups is 1. The molecule has 0 spiro atoms. The van der Waals surface area contributed by atoms with E-state index in [0.29, 0.717) is 22.7 Å². The summed E-state index contributed by atoms with van der Waals surface area (Å²) in [5, 5.41) is 3.19. The molecule has 1 aromatic carbocycles. The minimum Gasteiger partial charge on any atom is -0.383 e. The second-order valence-electron chi connectivity index (χ2n) is 7.44. The van der Waals surface area contributed by atoms with Crippen molar-refractivity contribution in [3.63, 3.8) is 0 Å². The number of thioether (sulfide) groups is 1. The first-order valence-corrected chi connectivity index (χ1v) is 11.9. The smallest absolute Gasteiger partial charge is 0.262 e. The van der Waals surface area contributed by atoms with Crippen LogP contribution < -0.4 is 5.56 Å². The second kappa shape index (κ2) is 9.32. The van der Waals surface area contributed by atoms with E-state index in [0.717, 1.165) is 19.4 Å². The molecule has 1 fully saturated rings. The summed E-state index contributed by atoms with van der Waals surface area (Å²) in [6.45, 7) is 3.11. The van der Waals surface area contributed by atoms with Crippen LogP contribution in [-0.4, -0.2) is 46.4 Å². The van der Waals surface area contributed by atoms with Crippen molar-refractivity contribution in [2.24, 2.45) is 0 Å². The van der Waals surface area contributed by atoms with Gasteiger partial charge in [-0.15, -0.1) is 11.3 Å². The Bertz CT molecular complexity index is 1080. The SMILES string of the molecule is COC[C@H](C)n1c(SCC(=O)N2CCC[C@@H]2c2cccs2)nc2ccccc2c1=O. The number of thiophene rings is 1. The number of benzene rings is 1. The van der Waals surface area contributed by atoms with Crippen LogP contribution in [0.1, 0.15) is 36.7 Å². The molecule has 3 aromatic rings. The third-order valence-corrected chi connectivity index (χ3v) is 7.30. The molecule has 0 radical (unpaired) electrons. The van der Waals surface area contributed by atoms with E-state index in [-0.39, 0.29) is 29.3 Å². The molecule has 1 aliphatic rings. The van der Waals surface area contributed by atoms with Crippen molar-refractivity contribution in [1.29, 1.82) is 0 Å². The second-order valence-corrected chi connectivity index (χ2v) is 9.36. The fraction of sp³-hybridized carbons (Fsp3) is 0.409. The number of likely N-dealkylation sites (tertiary alicyclic amines) is 1. The number of rotatable bonds is 7. The third kappa shape index (κ3) is 4.17. The van der Waals surface area contributed by atoms with E-state index < -0.39 is 0 Å². The van der Waals surface area contributed by atoms with Crippen molar-refractivity contribution in [3.8, 4) is 0 Å². The molecule has 0 bridgehead atoms. The largest absolute Gasteiger partial charge is 0.383 e. The molecule has 0 aliphatic carbocycles. The van der Waals surface area contributed by atoms with Crippen LogP contribution in [-0.2, 0) is 9.53 Å². The van der Waals surface area contributed by atoms with Crippen molar-refractivity contribution in [1.82, 2.24) is 14.5 Å². The van der Waals surface area contributed by atoms with E-state index in [2.05, 4.69) is 11.4 Å². The highest BCUT2D eigenvalue weighted by Gasteiger charge is 2.30. The fourth-order valence-electron chi connectivity index (χ4n) is 3.98. The van der Waals surface area contributed by atoms with E-state index in [9.17, 15) is 9.59 Å². The number of amides is 1. The number of para-hydroxylation sites is 1. The summed E-state index contributed by atoms with van der Waals surface area (Å²) in [5.74, 6) is 0.344. The number of aromatic nitrogens is 2. The molecule has 30 heavy (non-hydrogen) atoms. The Hall–Kier alpha value is -2.16. The topological polar surface area (TPSA) is 64.4 Å². The molecule has 3 heterocycles. The molecule has 1 saturated heterocycles. The summed E-state index contributed by atoms with van der Waals surface area (Å²) < 4.78 is 6.93. The average Bonchev–Trinajstić information content (AvgIpc) is 3.43. The first-order chi connectivity index (χ1) is 14.6. The van der Waals surface area contributed by atoms with Gasteiger partial charge in [0.1, 0.15) is 0 Å². The summed E-state index contributed by atoms with van der Waals surface area (Å²) in [4.78, 5) is 34.1. The Kier molecular flexibility index (Phi) is 6.55. The third-order valence-electron chi connectivity index (χ3n) is 5.39. The van der Waals surface area contributed by atoms with Gasteiger partial charge in [0, 0.05) is 18.5 Å². The van der Waals surface area contributed by atoms with Gasteiger partial charge in [0.05, 0.1) is 35.3 Å². The normalized spacial score (nSPS) is 17.5. The predicted octanol–water partition coefficient (Wildman–Crippen LogP) is 4.12. The number of methoxy groups -OCH3 is 1. The van der Waals surface area contributed by atoms with Gasteiger partial charge >= 0.3 is 0 Å². The number of fused-ring (bicyclic) bond motifs is 1. The Morgan fingerprint density at radius 2 is 2.17 bits per heavy atom. The Balaban J connectivity index is 1.59. The minimum atomic E-state index is -0.178. The van der Waals surface area contributed by atoms with Gasteiger partial charge in [-0.25, -0.2) is 4.98 Å². The highest BCUT2D eigenvalue weighted by atomic mass is 32.2. The van der Waals surface area contributed by atoms with E-state index >= 15 is 0 Å². The monoisotopic (exact) mass is 443 g/mol. The van der Waals surface area contributed by atoms with Gasteiger partial charge in [-0.05, 0) is 43.3 Å². The number of carbonyl (C=O) groups excluding carboxylic acids is 1. The molecule has 1 amide bonds. The molecule has 0 N–H and O–H groups in total. The average molecular weight is 444 g/mol. The van der Waals surface area contributed by atoms with Gasteiger partial charge in [-0.1, -0.05) is 30.0 Å². The van der Waals surface area contributed by atoms with Crippen molar-refractivity contribution in [3.05, 3.63) is 57.0 Å². The quantitative estimate of drug-likeness (QED) is 0.406. The van der Waals surface area contributed by atoms with Crippen LogP contribution in [0.25, 0.3) is 10.9 Å². The molecule has 1 aliphatic heterocycles. The molecule has 0 unspecified atom stereocenters. The molecule has 2 atom stereocenters. The zero-order chi connectivity index (χ0) is 21.1. The van der Waals surface area contributed by atoms with Gasteiger partial charge < -0.3 is 9.64 Å². The summed E-state index contributed by atoms with van der Waals surface area (Å²) in [6, 6.07) is 11.4. The van der Waals surface area contributed by atoms with Crippen LogP contribution >= 0.6 is 23.1 Å². The van der Waals surface area contributed by atoms with Crippen molar-refractivity contribution < 1.29 is 9.53 Å². The molecule has 4 rings (SSSR count). The molecule has 6 nitrogen and oxygen atoms in total. The van der Waals surface area contributed by atoms with Gasteiger partial charge in [0.2, 0.25) is 5.91 Å². The zero-order valence-corrected chi connectivity index (χ0v) is 18.7. The maximum Gasteiger partial charge on any atom is 0.262 e. The highest BCUT2D eigenvalue weighted by Crippen LogP contribution is 2.35. The summed E-state index contributed by atoms with van der Waals surface area (Å²) in [7, 11) is 1.62. The Morgan fingerprint density at radius 3 is 2.93 bits per heavy atom. The molecular weight excluding hydrogens is 418 g/mol. The van der Waals surface area contributed by atoms with Crippen molar-refractivity contribution >= 4 is 39.9 Å². The zero-order valence-electron chi connectivity index (χ0n) is 17.1. The maximum atomic E-state index is 13.1. The summed E-state index contributed by atoms with van der Waals surface area (Å²) in [5.41, 5.74) is 0.550. The number of nitrogens with zero attached hydrogens (tertiary/aromatic N) is 3. The lowest BCUT2D eigenvalue weighted by atomic mass is 10.2. The van der Waals surface area contributed by atoms with Gasteiger partial charge in [0.25, 0.3) is 5.56 Å². The standard InChI is InChI=1S/C22H25N3O3S2/c1-15(13-28-2)25-21(27)16-7-3-4-8-17(16)23-22(25)30-14-20(26)24-11-5-9-18(24)19-10-6-12-29-19/h3-4,6-8,10,12,15,18H,5,9,11,13-14H2,1-2H3/t15-,18+/m0/s1. The van der Waals surface area contributed by atoms with Crippen molar-refractivity contribution in [2.75, 3.05) is 26.0 Å². The van der Waals surface area contributed by atoms with E-state index in [4.69, 9.17) is 9.72 Å². The molecular formula is C22H25N3O3S2. The Labute approximate surface area is 183 Å². The fourth-order valence-corrected chi connectivity index (χ4v) is 5.84. The number of hydrogen-bond donors (Lipinski definition) is 0. The highest BCUT2D eigenvalue weighted by molar-refractivity contribution is 7.99. The van der Waals surface area contributed by atoms with Gasteiger partial charge in [-0.2, -0.15) is 0 Å². The first kappa shape index (κ1) is 21.1. The van der Waals surface area contributed by atoms with Crippen LogP contribution in [0.2, 0.25) is 0 Å². The van der Waals surface area contributed by atoms with E-state index in [1.54, 1.807) is 29.1 Å². The van der Waals surface area contributed by atoms with Crippen LogP contribution in [0.5, 0.6) is 0 Å². The van der Waals surface area contributed by atoms with E-state index in [1.165, 1.54) is 16.6 Å². The lowest BCUT2D eigenvalue weighted by Gasteiger charge is -2.24. The first-order valence-electron chi connectivity index (χ1n) is 10.1. The summed E-state index contributed by atoms with van der Waals surface area (Å²) in [6.07, 6.45) is 2.02. The molecule has 8 heteroatoms. The number of ether oxygens (including phenoxy) is 1. The van der Waals surface area contributed by atoms with Crippen LogP contribution in [0.4, 0.5) is 0 Å². The molecule has 2 aromatic heterocycles. The predicted molar refractivity (Wildman–Crippen MR) is 121 cm³/mol. The van der Waals surface area contributed by atoms with Crippen molar-refractivity contribution in [2.45, 2.75) is 37.0 Å². The van der Waals surface area contributed by atoms with Crippen LogP contribution in [0.3, 0.4) is 0 Å².